The van der Waals surface area contributed by atoms with Crippen molar-refractivity contribution in [3.05, 3.63) is 44.4 Å². The largest absolute Gasteiger partial charge is 0.468 e. The molecule has 0 spiro atoms. The van der Waals surface area contributed by atoms with Gasteiger partial charge in [-0.2, -0.15) is 0 Å². The lowest BCUT2D eigenvalue weighted by Crippen LogP contribution is -2.18. The van der Waals surface area contributed by atoms with Gasteiger partial charge in [0.25, 0.3) is 0 Å². The van der Waals surface area contributed by atoms with E-state index in [1.807, 2.05) is 6.26 Å². The second-order valence-corrected chi connectivity index (χ2v) is 7.76. The predicted octanol–water partition coefficient (Wildman–Crippen LogP) is 4.48. The molecule has 0 aliphatic rings. The van der Waals surface area contributed by atoms with Crippen LogP contribution in [0.2, 0.25) is 0 Å². The summed E-state index contributed by atoms with van der Waals surface area (Å²) < 4.78 is 6.81. The number of hydrogen-bond donors (Lipinski definition) is 1. The van der Waals surface area contributed by atoms with E-state index in [2.05, 4.69) is 64.6 Å². The fourth-order valence-corrected chi connectivity index (χ4v) is 3.66. The number of rotatable bonds is 8. The van der Waals surface area contributed by atoms with Gasteiger partial charge in [0.1, 0.15) is 5.76 Å². The van der Waals surface area contributed by atoms with Crippen LogP contribution in [0.3, 0.4) is 0 Å². The van der Waals surface area contributed by atoms with E-state index < -0.39 is 0 Å². The van der Waals surface area contributed by atoms with Crippen molar-refractivity contribution >= 4 is 27.3 Å². The van der Waals surface area contributed by atoms with Crippen molar-refractivity contribution in [2.45, 2.75) is 33.5 Å². The second-order valence-electron chi connectivity index (χ2n) is 5.85. The summed E-state index contributed by atoms with van der Waals surface area (Å²) in [6.07, 6.45) is 1.86. The smallest absolute Gasteiger partial charge is 0.118 e. The summed E-state index contributed by atoms with van der Waals surface area (Å²) in [5.41, 5.74) is 1.22. The zero-order chi connectivity index (χ0) is 15.2. The molecular formula is C16H23BrN2OS. The van der Waals surface area contributed by atoms with Crippen LogP contribution in [0.5, 0.6) is 0 Å². The van der Waals surface area contributed by atoms with E-state index in [0.717, 1.165) is 36.4 Å². The number of hydrogen-bond acceptors (Lipinski definition) is 4. The van der Waals surface area contributed by atoms with Gasteiger partial charge in [0, 0.05) is 33.4 Å². The number of furan rings is 1. The number of thiophene rings is 1. The highest BCUT2D eigenvalue weighted by Gasteiger charge is 2.08. The first-order valence-electron chi connectivity index (χ1n) is 7.21. The fraction of sp³-hybridized carbons (Fsp3) is 0.500. The molecule has 0 aromatic carbocycles. The lowest BCUT2D eigenvalue weighted by atomic mass is 10.2. The van der Waals surface area contributed by atoms with Crippen LogP contribution in [0, 0.1) is 5.92 Å². The van der Waals surface area contributed by atoms with Crippen molar-refractivity contribution in [1.29, 1.82) is 0 Å². The van der Waals surface area contributed by atoms with Gasteiger partial charge in [-0.1, -0.05) is 13.8 Å². The molecule has 0 bridgehead atoms. The highest BCUT2D eigenvalue weighted by atomic mass is 79.9. The molecule has 0 saturated carbocycles. The van der Waals surface area contributed by atoms with Crippen LogP contribution >= 0.6 is 27.3 Å². The minimum Gasteiger partial charge on any atom is -0.468 e. The average Bonchev–Trinajstić information content (AvgIpc) is 2.98. The van der Waals surface area contributed by atoms with Crippen LogP contribution in [0.25, 0.3) is 0 Å². The first-order chi connectivity index (χ1) is 10.0. The van der Waals surface area contributed by atoms with Gasteiger partial charge in [-0.15, -0.1) is 11.3 Å². The maximum Gasteiger partial charge on any atom is 0.118 e. The molecule has 1 N–H and O–H groups in total. The Morgan fingerprint density at radius 1 is 1.33 bits per heavy atom. The van der Waals surface area contributed by atoms with Crippen LogP contribution in [-0.4, -0.2) is 18.5 Å². The maximum absolute atomic E-state index is 5.65. The van der Waals surface area contributed by atoms with Crippen molar-refractivity contribution in [2.75, 3.05) is 13.6 Å². The van der Waals surface area contributed by atoms with Crippen molar-refractivity contribution < 1.29 is 4.42 Å². The van der Waals surface area contributed by atoms with E-state index in [0.29, 0.717) is 5.92 Å². The van der Waals surface area contributed by atoms with Crippen LogP contribution in [0.15, 0.2) is 32.7 Å². The molecule has 0 radical (unpaired) electrons. The fourth-order valence-electron chi connectivity index (χ4n) is 2.13. The molecule has 0 aliphatic carbocycles. The highest BCUT2D eigenvalue weighted by Crippen LogP contribution is 2.21. The van der Waals surface area contributed by atoms with Crippen molar-refractivity contribution in [2.24, 2.45) is 5.92 Å². The van der Waals surface area contributed by atoms with Gasteiger partial charge in [0.15, 0.2) is 0 Å². The Morgan fingerprint density at radius 3 is 2.81 bits per heavy atom. The Morgan fingerprint density at radius 2 is 2.14 bits per heavy atom. The van der Waals surface area contributed by atoms with Crippen LogP contribution in [0.4, 0.5) is 0 Å². The third kappa shape index (κ3) is 5.94. The number of halogens is 1. The van der Waals surface area contributed by atoms with E-state index in [9.17, 15) is 0 Å². The first-order valence-corrected chi connectivity index (χ1v) is 8.88. The van der Waals surface area contributed by atoms with E-state index >= 15 is 0 Å². The van der Waals surface area contributed by atoms with Gasteiger partial charge >= 0.3 is 0 Å². The molecule has 0 unspecified atom stereocenters. The Kier molecular flexibility index (Phi) is 6.48. The van der Waals surface area contributed by atoms with E-state index in [1.54, 1.807) is 11.3 Å². The molecule has 0 amide bonds. The summed E-state index contributed by atoms with van der Waals surface area (Å²) in [6.45, 7) is 8.12. The van der Waals surface area contributed by atoms with Gasteiger partial charge in [0.2, 0.25) is 0 Å². The van der Waals surface area contributed by atoms with Gasteiger partial charge in [0.05, 0.1) is 12.8 Å². The molecule has 0 saturated heterocycles. The minimum absolute atomic E-state index is 0.674. The SMILES string of the molecule is CC(C)CNCc1coc(CN(C)Cc2cc(Br)cs2)c1. The summed E-state index contributed by atoms with van der Waals surface area (Å²) in [5, 5.41) is 5.55. The zero-order valence-electron chi connectivity index (χ0n) is 12.9. The summed E-state index contributed by atoms with van der Waals surface area (Å²) in [4.78, 5) is 3.62. The van der Waals surface area contributed by atoms with E-state index in [1.165, 1.54) is 10.4 Å². The molecule has 5 heteroatoms. The summed E-state index contributed by atoms with van der Waals surface area (Å²) >= 11 is 5.27. The summed E-state index contributed by atoms with van der Waals surface area (Å²) in [6, 6.07) is 4.32. The average molecular weight is 371 g/mol. The molecule has 0 aliphatic heterocycles. The Bertz CT molecular complexity index is 550. The first kappa shape index (κ1) is 16.7. The van der Waals surface area contributed by atoms with Gasteiger partial charge < -0.3 is 9.73 Å². The molecule has 2 rings (SSSR count). The maximum atomic E-state index is 5.65. The zero-order valence-corrected chi connectivity index (χ0v) is 15.3. The third-order valence-electron chi connectivity index (χ3n) is 3.06. The predicted molar refractivity (Wildman–Crippen MR) is 92.4 cm³/mol. The van der Waals surface area contributed by atoms with E-state index in [-0.39, 0.29) is 0 Å². The van der Waals surface area contributed by atoms with E-state index in [4.69, 9.17) is 4.42 Å². The minimum atomic E-state index is 0.674. The summed E-state index contributed by atoms with van der Waals surface area (Å²) in [7, 11) is 2.12. The molecule has 2 heterocycles. The van der Waals surface area contributed by atoms with Crippen LogP contribution in [0.1, 0.15) is 30.0 Å². The number of nitrogens with one attached hydrogen (secondary N) is 1. The summed E-state index contributed by atoms with van der Waals surface area (Å²) in [5.74, 6) is 1.70. The molecule has 21 heavy (non-hydrogen) atoms. The molecule has 2 aromatic heterocycles. The second kappa shape index (κ2) is 8.13. The van der Waals surface area contributed by atoms with Crippen molar-refractivity contribution in [3.8, 4) is 0 Å². The Hall–Kier alpha value is -0.620. The van der Waals surface area contributed by atoms with Crippen LogP contribution < -0.4 is 5.32 Å². The molecule has 3 nitrogen and oxygen atoms in total. The van der Waals surface area contributed by atoms with Gasteiger partial charge in [-0.3, -0.25) is 4.90 Å². The number of nitrogens with zero attached hydrogens (tertiary/aromatic N) is 1. The molecule has 116 valence electrons. The molecule has 2 aromatic rings. The van der Waals surface area contributed by atoms with Gasteiger partial charge in [-0.25, -0.2) is 0 Å². The van der Waals surface area contributed by atoms with Crippen LogP contribution in [-0.2, 0) is 19.6 Å². The molecule has 0 atom stereocenters. The quantitative estimate of drug-likeness (QED) is 0.742. The Labute approximate surface area is 139 Å². The lowest BCUT2D eigenvalue weighted by Gasteiger charge is -2.13. The monoisotopic (exact) mass is 370 g/mol. The Balaban J connectivity index is 1.78. The standard InChI is InChI=1S/C16H23BrN2OS/c1-12(2)6-18-7-13-4-15(20-10-13)8-19(3)9-16-5-14(17)11-21-16/h4-5,10-12,18H,6-9H2,1-3H3. The van der Waals surface area contributed by atoms with Gasteiger partial charge in [-0.05, 0) is 47.6 Å². The normalized spacial score (nSPS) is 11.7. The third-order valence-corrected chi connectivity index (χ3v) is 4.75. The van der Waals surface area contributed by atoms with Crippen molar-refractivity contribution in [1.82, 2.24) is 10.2 Å². The molecular weight excluding hydrogens is 348 g/mol. The molecule has 0 fully saturated rings. The highest BCUT2D eigenvalue weighted by molar-refractivity contribution is 9.10. The topological polar surface area (TPSA) is 28.4 Å². The van der Waals surface area contributed by atoms with Crippen molar-refractivity contribution in [3.63, 3.8) is 0 Å². The lowest BCUT2D eigenvalue weighted by molar-refractivity contribution is 0.290.